The average Bonchev–Trinajstić information content (AvgIpc) is 2.72. The van der Waals surface area contributed by atoms with Crippen LogP contribution in [0.2, 0.25) is 0 Å². The zero-order valence-electron chi connectivity index (χ0n) is 15.5. The van der Waals surface area contributed by atoms with Gasteiger partial charge in [0.1, 0.15) is 5.75 Å². The summed E-state index contributed by atoms with van der Waals surface area (Å²) in [6.07, 6.45) is 9.07. The summed E-state index contributed by atoms with van der Waals surface area (Å²) in [6, 6.07) is 7.61. The quantitative estimate of drug-likeness (QED) is 0.780. The zero-order valence-corrected chi connectivity index (χ0v) is 15.5. The van der Waals surface area contributed by atoms with Gasteiger partial charge in [-0.15, -0.1) is 0 Å². The number of carbonyl (C=O) groups excluding carboxylic acids is 2. The molecule has 1 aromatic rings. The van der Waals surface area contributed by atoms with Gasteiger partial charge in [-0.3, -0.25) is 9.59 Å². The van der Waals surface area contributed by atoms with E-state index < -0.39 is 0 Å². The molecule has 1 saturated heterocycles. The number of hydrogen-bond acceptors (Lipinski definition) is 3. The van der Waals surface area contributed by atoms with Gasteiger partial charge in [-0.2, -0.15) is 0 Å². The number of benzene rings is 1. The van der Waals surface area contributed by atoms with Crippen LogP contribution in [0.1, 0.15) is 37.7 Å². The standard InChI is InChI=1S/C21H28N2O3/c1-26-19-9-5-6-17(16-19)10-11-20(24)22-12-14-23(15-13-22)21(25)18-7-3-2-4-8-18/h5-6,9-11,16,18H,2-4,7-8,12-15H2,1H3/b11-10+. The Bertz CT molecular complexity index is 657. The maximum atomic E-state index is 12.6. The fourth-order valence-corrected chi connectivity index (χ4v) is 3.77. The molecular weight excluding hydrogens is 328 g/mol. The molecule has 0 unspecified atom stereocenters. The molecule has 1 aliphatic carbocycles. The monoisotopic (exact) mass is 356 g/mol. The van der Waals surface area contributed by atoms with Crippen LogP contribution in [0.3, 0.4) is 0 Å². The van der Waals surface area contributed by atoms with Crippen LogP contribution in [0, 0.1) is 5.92 Å². The van der Waals surface area contributed by atoms with Crippen molar-refractivity contribution < 1.29 is 14.3 Å². The van der Waals surface area contributed by atoms with Gasteiger partial charge < -0.3 is 14.5 Å². The van der Waals surface area contributed by atoms with Crippen molar-refractivity contribution in [2.75, 3.05) is 33.3 Å². The smallest absolute Gasteiger partial charge is 0.246 e. The van der Waals surface area contributed by atoms with Crippen LogP contribution >= 0.6 is 0 Å². The van der Waals surface area contributed by atoms with Crippen molar-refractivity contribution in [3.63, 3.8) is 0 Å². The van der Waals surface area contributed by atoms with E-state index in [0.29, 0.717) is 32.1 Å². The van der Waals surface area contributed by atoms with Crippen molar-refractivity contribution in [3.8, 4) is 5.75 Å². The van der Waals surface area contributed by atoms with E-state index in [9.17, 15) is 9.59 Å². The van der Waals surface area contributed by atoms with Crippen LogP contribution in [-0.4, -0.2) is 54.9 Å². The Morgan fingerprint density at radius 2 is 1.73 bits per heavy atom. The molecule has 2 aliphatic rings. The Hall–Kier alpha value is -2.30. The third kappa shape index (κ3) is 4.65. The van der Waals surface area contributed by atoms with Crippen molar-refractivity contribution in [3.05, 3.63) is 35.9 Å². The average molecular weight is 356 g/mol. The number of ether oxygens (including phenoxy) is 1. The van der Waals surface area contributed by atoms with Crippen molar-refractivity contribution in [2.24, 2.45) is 5.92 Å². The second-order valence-electron chi connectivity index (χ2n) is 7.10. The maximum Gasteiger partial charge on any atom is 0.246 e. The van der Waals surface area contributed by atoms with E-state index >= 15 is 0 Å². The minimum absolute atomic E-state index is 0.00224. The van der Waals surface area contributed by atoms with Crippen LogP contribution < -0.4 is 4.74 Å². The lowest BCUT2D eigenvalue weighted by molar-refractivity contribution is -0.141. The SMILES string of the molecule is COc1cccc(/C=C/C(=O)N2CCN(C(=O)C3CCCCC3)CC2)c1. The molecule has 2 fully saturated rings. The molecule has 1 aromatic carbocycles. The van der Waals surface area contributed by atoms with Crippen molar-refractivity contribution in [1.82, 2.24) is 9.80 Å². The molecule has 2 amide bonds. The lowest BCUT2D eigenvalue weighted by atomic mass is 9.88. The number of rotatable bonds is 4. The summed E-state index contributed by atoms with van der Waals surface area (Å²) in [5.41, 5.74) is 0.934. The van der Waals surface area contributed by atoms with E-state index in [-0.39, 0.29) is 11.8 Å². The third-order valence-electron chi connectivity index (χ3n) is 5.37. The van der Waals surface area contributed by atoms with Crippen molar-refractivity contribution >= 4 is 17.9 Å². The van der Waals surface area contributed by atoms with Gasteiger partial charge in [0.2, 0.25) is 11.8 Å². The minimum Gasteiger partial charge on any atom is -0.497 e. The molecule has 5 heteroatoms. The Balaban J connectivity index is 1.50. The first-order valence-corrected chi connectivity index (χ1v) is 9.57. The molecule has 140 valence electrons. The number of methoxy groups -OCH3 is 1. The van der Waals surface area contributed by atoms with Gasteiger partial charge in [0, 0.05) is 38.2 Å². The van der Waals surface area contributed by atoms with E-state index in [2.05, 4.69) is 0 Å². The summed E-state index contributed by atoms with van der Waals surface area (Å²) in [5, 5.41) is 0. The van der Waals surface area contributed by atoms with Gasteiger partial charge >= 0.3 is 0 Å². The molecule has 26 heavy (non-hydrogen) atoms. The van der Waals surface area contributed by atoms with Crippen molar-refractivity contribution in [1.29, 1.82) is 0 Å². The largest absolute Gasteiger partial charge is 0.497 e. The first-order chi connectivity index (χ1) is 12.7. The van der Waals surface area contributed by atoms with Gasteiger partial charge in [-0.25, -0.2) is 0 Å². The second kappa shape index (κ2) is 8.88. The highest BCUT2D eigenvalue weighted by Gasteiger charge is 2.29. The van der Waals surface area contributed by atoms with Crippen LogP contribution in [0.5, 0.6) is 5.75 Å². The van der Waals surface area contributed by atoms with E-state index in [1.807, 2.05) is 40.1 Å². The number of hydrogen-bond donors (Lipinski definition) is 0. The maximum absolute atomic E-state index is 12.6. The van der Waals surface area contributed by atoms with Gasteiger partial charge in [0.25, 0.3) is 0 Å². The summed E-state index contributed by atoms with van der Waals surface area (Å²) >= 11 is 0. The first kappa shape index (κ1) is 18.5. The van der Waals surface area contributed by atoms with Crippen molar-refractivity contribution in [2.45, 2.75) is 32.1 Å². The highest BCUT2D eigenvalue weighted by atomic mass is 16.5. The Morgan fingerprint density at radius 1 is 1.04 bits per heavy atom. The minimum atomic E-state index is -0.00224. The molecule has 1 saturated carbocycles. The summed E-state index contributed by atoms with van der Waals surface area (Å²) < 4.78 is 5.20. The van der Waals surface area contributed by atoms with Crippen LogP contribution in [0.4, 0.5) is 0 Å². The second-order valence-corrected chi connectivity index (χ2v) is 7.10. The Morgan fingerprint density at radius 3 is 2.42 bits per heavy atom. The number of nitrogens with zero attached hydrogens (tertiary/aromatic N) is 2. The van der Waals surface area contributed by atoms with E-state index in [0.717, 1.165) is 24.2 Å². The fraction of sp³-hybridized carbons (Fsp3) is 0.524. The lowest BCUT2D eigenvalue weighted by Gasteiger charge is -2.36. The fourth-order valence-electron chi connectivity index (χ4n) is 3.77. The van der Waals surface area contributed by atoms with Crippen LogP contribution in [0.25, 0.3) is 6.08 Å². The van der Waals surface area contributed by atoms with E-state index in [4.69, 9.17) is 4.74 Å². The van der Waals surface area contributed by atoms with Gasteiger partial charge in [0.05, 0.1) is 7.11 Å². The zero-order chi connectivity index (χ0) is 18.4. The highest BCUT2D eigenvalue weighted by molar-refractivity contribution is 5.92. The predicted molar refractivity (Wildman–Crippen MR) is 102 cm³/mol. The van der Waals surface area contributed by atoms with Gasteiger partial charge in [0.15, 0.2) is 0 Å². The molecule has 0 spiro atoms. The molecule has 0 radical (unpaired) electrons. The lowest BCUT2D eigenvalue weighted by Crippen LogP contribution is -2.51. The number of amides is 2. The number of carbonyl (C=O) groups is 2. The topological polar surface area (TPSA) is 49.9 Å². The summed E-state index contributed by atoms with van der Waals surface area (Å²) in [6.45, 7) is 2.52. The normalized spacial score (nSPS) is 19.0. The molecule has 5 nitrogen and oxygen atoms in total. The highest BCUT2D eigenvalue weighted by Crippen LogP contribution is 2.25. The van der Waals surface area contributed by atoms with Crippen LogP contribution in [0.15, 0.2) is 30.3 Å². The first-order valence-electron chi connectivity index (χ1n) is 9.57. The summed E-state index contributed by atoms with van der Waals surface area (Å²) in [7, 11) is 1.63. The Kier molecular flexibility index (Phi) is 6.31. The molecule has 3 rings (SSSR count). The molecule has 1 heterocycles. The molecular formula is C21H28N2O3. The number of piperazine rings is 1. The molecule has 1 aliphatic heterocycles. The van der Waals surface area contributed by atoms with E-state index in [1.54, 1.807) is 13.2 Å². The van der Waals surface area contributed by atoms with E-state index in [1.165, 1.54) is 19.3 Å². The molecule has 0 bridgehead atoms. The predicted octanol–water partition coefficient (Wildman–Crippen LogP) is 2.96. The molecule has 0 atom stereocenters. The molecule has 0 N–H and O–H groups in total. The summed E-state index contributed by atoms with van der Waals surface area (Å²) in [5.74, 6) is 1.27. The third-order valence-corrected chi connectivity index (χ3v) is 5.37. The Labute approximate surface area is 155 Å². The van der Waals surface area contributed by atoms with Gasteiger partial charge in [-0.05, 0) is 36.6 Å². The van der Waals surface area contributed by atoms with Crippen LogP contribution in [-0.2, 0) is 9.59 Å². The molecule has 0 aromatic heterocycles. The summed E-state index contributed by atoms with van der Waals surface area (Å²) in [4.78, 5) is 28.8. The van der Waals surface area contributed by atoms with Gasteiger partial charge in [-0.1, -0.05) is 31.4 Å².